The summed E-state index contributed by atoms with van der Waals surface area (Å²) in [4.78, 5) is 23.9. The maximum Gasteiger partial charge on any atom is 0.340 e. The third-order valence-electron chi connectivity index (χ3n) is 3.36. The van der Waals surface area contributed by atoms with E-state index in [9.17, 15) is 13.6 Å². The normalized spacial score (nSPS) is 10.6. The number of halogens is 4. The van der Waals surface area contributed by atoms with Gasteiger partial charge in [0.25, 0.3) is 0 Å². The molecule has 0 fully saturated rings. The third kappa shape index (κ3) is 4.81. The number of nitrogens with one attached hydrogen (secondary N) is 1. The third-order valence-corrected chi connectivity index (χ3v) is 3.93. The Morgan fingerprint density at radius 3 is 2.46 bits per heavy atom. The van der Waals surface area contributed by atoms with Crippen molar-refractivity contribution < 1.29 is 18.3 Å². The van der Waals surface area contributed by atoms with Crippen LogP contribution >= 0.6 is 23.2 Å². The lowest BCUT2D eigenvalue weighted by molar-refractivity contribution is 0.0461. The van der Waals surface area contributed by atoms with E-state index in [1.807, 2.05) is 0 Å². The number of nitrogens with zero attached hydrogens (tertiary/aromatic N) is 3. The summed E-state index contributed by atoms with van der Waals surface area (Å²) in [7, 11) is 0. The van der Waals surface area contributed by atoms with E-state index in [2.05, 4.69) is 20.3 Å². The molecule has 7 nitrogen and oxygen atoms in total. The van der Waals surface area contributed by atoms with Gasteiger partial charge >= 0.3 is 5.97 Å². The van der Waals surface area contributed by atoms with Crippen molar-refractivity contribution >= 4 is 46.8 Å². The van der Waals surface area contributed by atoms with Gasteiger partial charge in [-0.25, -0.2) is 13.6 Å². The summed E-state index contributed by atoms with van der Waals surface area (Å²) in [5, 5.41) is 3.17. The standard InChI is InChI=1S/C17H11Cl2F2N5O2/c18-8-1-3-9(4-2-8)23-17-25-14(24-16(22)26-17)7-28-15(27)10-5-12(20)13(21)6-11(10)19/h1-6H,7H2,(H3,22,23,24,25,26). The SMILES string of the molecule is Nc1nc(COC(=O)c2cc(F)c(F)cc2Cl)nc(Nc2ccc(Cl)cc2)n1. The summed E-state index contributed by atoms with van der Waals surface area (Å²) >= 11 is 11.6. The molecule has 3 rings (SSSR count). The average molecular weight is 426 g/mol. The molecular formula is C17H11Cl2F2N5O2. The molecule has 0 amide bonds. The van der Waals surface area contributed by atoms with Gasteiger partial charge < -0.3 is 15.8 Å². The van der Waals surface area contributed by atoms with Crippen LogP contribution in [0.4, 0.5) is 26.4 Å². The maximum absolute atomic E-state index is 13.3. The van der Waals surface area contributed by atoms with Crippen molar-refractivity contribution in [2.24, 2.45) is 0 Å². The second kappa shape index (κ2) is 8.32. The first-order valence-corrected chi connectivity index (χ1v) is 8.42. The van der Waals surface area contributed by atoms with E-state index in [1.54, 1.807) is 24.3 Å². The molecule has 3 N–H and O–H groups in total. The minimum Gasteiger partial charge on any atom is -0.454 e. The zero-order valence-corrected chi connectivity index (χ0v) is 15.4. The Hall–Kier alpha value is -3.04. The summed E-state index contributed by atoms with van der Waals surface area (Å²) in [5.41, 5.74) is 5.95. The molecule has 0 saturated carbocycles. The molecule has 144 valence electrons. The van der Waals surface area contributed by atoms with E-state index in [0.717, 1.165) is 0 Å². The van der Waals surface area contributed by atoms with Gasteiger partial charge in [0, 0.05) is 10.7 Å². The van der Waals surface area contributed by atoms with E-state index in [-0.39, 0.29) is 28.3 Å². The molecule has 3 aromatic rings. The first-order valence-electron chi connectivity index (χ1n) is 7.66. The highest BCUT2D eigenvalue weighted by atomic mass is 35.5. The number of aromatic nitrogens is 3. The van der Waals surface area contributed by atoms with Crippen LogP contribution in [0.3, 0.4) is 0 Å². The van der Waals surface area contributed by atoms with E-state index in [1.165, 1.54) is 0 Å². The highest BCUT2D eigenvalue weighted by Crippen LogP contribution is 2.21. The lowest BCUT2D eigenvalue weighted by atomic mass is 10.2. The van der Waals surface area contributed by atoms with Crippen molar-refractivity contribution in [2.45, 2.75) is 6.61 Å². The predicted octanol–water partition coefficient (Wildman–Crippen LogP) is 4.14. The molecule has 0 radical (unpaired) electrons. The van der Waals surface area contributed by atoms with Gasteiger partial charge in [0.15, 0.2) is 24.1 Å². The lowest BCUT2D eigenvalue weighted by Gasteiger charge is -2.09. The fraction of sp³-hybridized carbons (Fsp3) is 0.0588. The Labute approximate surface area is 167 Å². The number of carbonyl (C=O) groups excluding carboxylic acids is 1. The Morgan fingerprint density at radius 1 is 1.07 bits per heavy atom. The van der Waals surface area contributed by atoms with Crippen LogP contribution in [0.15, 0.2) is 36.4 Å². The number of esters is 1. The van der Waals surface area contributed by atoms with Crippen LogP contribution in [0.2, 0.25) is 10.0 Å². The van der Waals surface area contributed by atoms with Gasteiger partial charge in [-0.3, -0.25) is 0 Å². The van der Waals surface area contributed by atoms with Crippen LogP contribution in [-0.2, 0) is 11.3 Å². The van der Waals surface area contributed by atoms with Crippen LogP contribution in [0, 0.1) is 11.6 Å². The van der Waals surface area contributed by atoms with Crippen molar-refractivity contribution in [2.75, 3.05) is 11.1 Å². The number of nitrogen functional groups attached to an aromatic ring is 1. The Bertz CT molecular complexity index is 1030. The molecule has 0 saturated heterocycles. The van der Waals surface area contributed by atoms with Crippen LogP contribution < -0.4 is 11.1 Å². The van der Waals surface area contributed by atoms with Crippen LogP contribution in [0.25, 0.3) is 0 Å². The monoisotopic (exact) mass is 425 g/mol. The van der Waals surface area contributed by atoms with Gasteiger partial charge in [-0.1, -0.05) is 23.2 Å². The van der Waals surface area contributed by atoms with Crippen molar-refractivity contribution in [3.05, 3.63) is 69.5 Å². The fourth-order valence-corrected chi connectivity index (χ4v) is 2.46. The van der Waals surface area contributed by atoms with Gasteiger partial charge in [-0.2, -0.15) is 15.0 Å². The Morgan fingerprint density at radius 2 is 1.75 bits per heavy atom. The van der Waals surface area contributed by atoms with Gasteiger partial charge in [-0.05, 0) is 36.4 Å². The number of carbonyl (C=O) groups is 1. The smallest absolute Gasteiger partial charge is 0.340 e. The number of hydrogen-bond acceptors (Lipinski definition) is 7. The van der Waals surface area contributed by atoms with Crippen LogP contribution in [0.1, 0.15) is 16.2 Å². The second-order valence-electron chi connectivity index (χ2n) is 5.39. The van der Waals surface area contributed by atoms with E-state index in [4.69, 9.17) is 33.7 Å². The topological polar surface area (TPSA) is 103 Å². The first-order chi connectivity index (χ1) is 13.3. The molecule has 0 bridgehead atoms. The Kier molecular flexibility index (Phi) is 5.86. The van der Waals surface area contributed by atoms with Crippen molar-refractivity contribution in [1.82, 2.24) is 15.0 Å². The minimum absolute atomic E-state index is 0.0380. The van der Waals surface area contributed by atoms with E-state index < -0.39 is 24.2 Å². The number of benzene rings is 2. The van der Waals surface area contributed by atoms with Crippen molar-refractivity contribution in [3.63, 3.8) is 0 Å². The summed E-state index contributed by atoms with van der Waals surface area (Å²) < 4.78 is 31.4. The molecule has 28 heavy (non-hydrogen) atoms. The number of nitrogens with two attached hydrogens (primary N) is 1. The number of ether oxygens (including phenoxy) is 1. The Balaban J connectivity index is 1.72. The van der Waals surface area contributed by atoms with E-state index >= 15 is 0 Å². The molecule has 0 aliphatic carbocycles. The zero-order valence-electron chi connectivity index (χ0n) is 13.9. The average Bonchev–Trinajstić information content (AvgIpc) is 2.64. The predicted molar refractivity (Wildman–Crippen MR) is 99.5 cm³/mol. The molecular weight excluding hydrogens is 415 g/mol. The summed E-state index contributed by atoms with van der Waals surface area (Å²) in [6, 6.07) is 8.07. The van der Waals surface area contributed by atoms with Gasteiger partial charge in [0.2, 0.25) is 11.9 Å². The number of rotatable bonds is 5. The molecule has 0 aliphatic heterocycles. The van der Waals surface area contributed by atoms with E-state index in [0.29, 0.717) is 22.8 Å². The number of hydrogen-bond donors (Lipinski definition) is 2. The zero-order chi connectivity index (χ0) is 20.3. The molecule has 2 aromatic carbocycles. The molecule has 1 heterocycles. The van der Waals surface area contributed by atoms with Gasteiger partial charge in [0.1, 0.15) is 0 Å². The minimum atomic E-state index is -1.23. The van der Waals surface area contributed by atoms with Gasteiger partial charge in [-0.15, -0.1) is 0 Å². The highest BCUT2D eigenvalue weighted by molar-refractivity contribution is 6.33. The molecule has 11 heteroatoms. The molecule has 1 aromatic heterocycles. The second-order valence-corrected chi connectivity index (χ2v) is 6.23. The highest BCUT2D eigenvalue weighted by Gasteiger charge is 2.17. The van der Waals surface area contributed by atoms with Crippen molar-refractivity contribution in [1.29, 1.82) is 0 Å². The van der Waals surface area contributed by atoms with Crippen LogP contribution in [0.5, 0.6) is 0 Å². The molecule has 0 atom stereocenters. The largest absolute Gasteiger partial charge is 0.454 e. The molecule has 0 aliphatic rings. The quantitative estimate of drug-likeness (QED) is 0.467. The van der Waals surface area contributed by atoms with Crippen LogP contribution in [-0.4, -0.2) is 20.9 Å². The molecule has 0 unspecified atom stereocenters. The molecule has 0 spiro atoms. The summed E-state index contributed by atoms with van der Waals surface area (Å²) in [6.45, 7) is -0.393. The fourth-order valence-electron chi connectivity index (χ4n) is 2.11. The maximum atomic E-state index is 13.3. The van der Waals surface area contributed by atoms with Gasteiger partial charge in [0.05, 0.1) is 10.6 Å². The van der Waals surface area contributed by atoms with Crippen molar-refractivity contribution in [3.8, 4) is 0 Å². The summed E-state index contributed by atoms with van der Waals surface area (Å²) in [5.74, 6) is -3.33. The number of anilines is 3. The first kappa shape index (κ1) is 19.7. The summed E-state index contributed by atoms with van der Waals surface area (Å²) in [6.07, 6.45) is 0. The lowest BCUT2D eigenvalue weighted by Crippen LogP contribution is -2.12.